The molecule has 1 aliphatic carbocycles. The first-order chi connectivity index (χ1) is 8.59. The topological polar surface area (TPSA) is 49.3 Å². The van der Waals surface area contributed by atoms with Crippen molar-refractivity contribution in [2.45, 2.75) is 37.8 Å². The van der Waals surface area contributed by atoms with Gasteiger partial charge in [0.15, 0.2) is 0 Å². The number of rotatable bonds is 4. The number of aliphatic carboxylic acids is 1. The van der Waals surface area contributed by atoms with E-state index in [4.69, 9.17) is 11.6 Å². The molecule has 0 amide bonds. The van der Waals surface area contributed by atoms with Gasteiger partial charge in [-0.2, -0.15) is 0 Å². The minimum Gasteiger partial charge on any atom is -0.480 e. The fourth-order valence-corrected chi connectivity index (χ4v) is 2.55. The van der Waals surface area contributed by atoms with Gasteiger partial charge in [-0.15, -0.1) is 0 Å². The highest BCUT2D eigenvalue weighted by molar-refractivity contribution is 6.30. The summed E-state index contributed by atoms with van der Waals surface area (Å²) in [6.45, 7) is 0. The highest BCUT2D eigenvalue weighted by Gasteiger charge is 2.28. The summed E-state index contributed by atoms with van der Waals surface area (Å²) in [6, 6.07) is 3.54. The molecule has 18 heavy (non-hydrogen) atoms. The van der Waals surface area contributed by atoms with E-state index in [0.717, 1.165) is 25.7 Å². The zero-order chi connectivity index (χ0) is 13.1. The molecule has 0 bridgehead atoms. The van der Waals surface area contributed by atoms with Gasteiger partial charge in [0, 0.05) is 11.6 Å². The van der Waals surface area contributed by atoms with Crippen molar-refractivity contribution in [3.63, 3.8) is 0 Å². The number of carboxylic acid groups (broad SMARTS) is 1. The maximum Gasteiger partial charge on any atom is 0.325 e. The van der Waals surface area contributed by atoms with Crippen molar-refractivity contribution < 1.29 is 14.3 Å². The molecule has 0 heterocycles. The van der Waals surface area contributed by atoms with Crippen molar-refractivity contribution >= 4 is 17.6 Å². The van der Waals surface area contributed by atoms with Gasteiger partial charge in [0.1, 0.15) is 11.9 Å². The van der Waals surface area contributed by atoms with Crippen LogP contribution in [0.4, 0.5) is 4.39 Å². The fraction of sp³-hybridized carbons (Fsp3) is 0.462. The molecule has 0 saturated heterocycles. The van der Waals surface area contributed by atoms with E-state index in [2.05, 4.69) is 5.32 Å². The molecule has 0 radical (unpaired) electrons. The first-order valence-corrected chi connectivity index (χ1v) is 6.40. The highest BCUT2D eigenvalue weighted by Crippen LogP contribution is 2.26. The molecule has 0 aliphatic heterocycles. The van der Waals surface area contributed by atoms with Crippen molar-refractivity contribution in [2.24, 2.45) is 0 Å². The van der Waals surface area contributed by atoms with Gasteiger partial charge in [-0.3, -0.25) is 10.1 Å². The quantitative estimate of drug-likeness (QED) is 0.884. The second kappa shape index (κ2) is 5.67. The van der Waals surface area contributed by atoms with Crippen molar-refractivity contribution in [1.82, 2.24) is 5.32 Å². The predicted molar refractivity (Wildman–Crippen MR) is 67.2 cm³/mol. The Kier molecular flexibility index (Phi) is 4.19. The normalized spacial score (nSPS) is 17.9. The average molecular weight is 272 g/mol. The van der Waals surface area contributed by atoms with Crippen molar-refractivity contribution in [2.75, 3.05) is 0 Å². The zero-order valence-electron chi connectivity index (χ0n) is 9.83. The van der Waals surface area contributed by atoms with Gasteiger partial charge in [-0.25, -0.2) is 4.39 Å². The zero-order valence-corrected chi connectivity index (χ0v) is 10.6. The van der Waals surface area contributed by atoms with Crippen LogP contribution in [0.5, 0.6) is 0 Å². The maximum absolute atomic E-state index is 13.9. The molecule has 2 N–H and O–H groups in total. The van der Waals surface area contributed by atoms with Crippen LogP contribution < -0.4 is 5.32 Å². The molecule has 1 aliphatic rings. The highest BCUT2D eigenvalue weighted by atomic mass is 35.5. The lowest BCUT2D eigenvalue weighted by Gasteiger charge is -2.20. The minimum absolute atomic E-state index is 0.0491. The van der Waals surface area contributed by atoms with Gasteiger partial charge in [0.25, 0.3) is 0 Å². The van der Waals surface area contributed by atoms with Crippen molar-refractivity contribution in [3.05, 3.63) is 34.6 Å². The van der Waals surface area contributed by atoms with Crippen LogP contribution in [-0.2, 0) is 4.79 Å². The molecule has 2 rings (SSSR count). The van der Waals surface area contributed by atoms with Crippen LogP contribution in [0, 0.1) is 5.82 Å². The smallest absolute Gasteiger partial charge is 0.325 e. The lowest BCUT2D eigenvalue weighted by molar-refractivity contribution is -0.140. The van der Waals surface area contributed by atoms with E-state index in [1.165, 1.54) is 12.1 Å². The standard InChI is InChI=1S/C13H15ClFNO2/c14-10-7-3-6-9(11(10)15)12(13(17)18)16-8-4-1-2-5-8/h3,6-8,12,16H,1-2,4-5H2,(H,17,18). The van der Waals surface area contributed by atoms with Crippen LogP contribution in [-0.4, -0.2) is 17.1 Å². The SMILES string of the molecule is O=C(O)C(NC1CCCC1)c1cccc(Cl)c1F. The number of nitrogens with one attached hydrogen (secondary N) is 1. The molecule has 1 aromatic carbocycles. The predicted octanol–water partition coefficient (Wildman–Crippen LogP) is 3.14. The van der Waals surface area contributed by atoms with Gasteiger partial charge in [0.2, 0.25) is 0 Å². The van der Waals surface area contributed by atoms with Crippen molar-refractivity contribution in [3.8, 4) is 0 Å². The third kappa shape index (κ3) is 2.82. The number of hydrogen-bond donors (Lipinski definition) is 2. The molecule has 0 spiro atoms. The van der Waals surface area contributed by atoms with E-state index in [1.807, 2.05) is 0 Å². The summed E-state index contributed by atoms with van der Waals surface area (Å²) in [5.74, 6) is -1.74. The summed E-state index contributed by atoms with van der Waals surface area (Å²) in [7, 11) is 0. The molecule has 98 valence electrons. The lowest BCUT2D eigenvalue weighted by atomic mass is 10.0. The third-order valence-corrected chi connectivity index (χ3v) is 3.59. The molecule has 1 atom stereocenters. The molecule has 1 fully saturated rings. The second-order valence-electron chi connectivity index (χ2n) is 4.56. The summed E-state index contributed by atoms with van der Waals surface area (Å²) in [5.41, 5.74) is 0.0990. The van der Waals surface area contributed by atoms with Crippen LogP contribution in [0.2, 0.25) is 5.02 Å². The van der Waals surface area contributed by atoms with E-state index in [1.54, 1.807) is 6.07 Å². The van der Waals surface area contributed by atoms with Crippen molar-refractivity contribution in [1.29, 1.82) is 0 Å². The molecule has 1 aromatic rings. The van der Waals surface area contributed by atoms with Crippen LogP contribution in [0.1, 0.15) is 37.3 Å². The van der Waals surface area contributed by atoms with Crippen LogP contribution in [0.3, 0.4) is 0 Å². The minimum atomic E-state index is -1.08. The molecular weight excluding hydrogens is 257 g/mol. The number of carboxylic acids is 1. The first kappa shape index (κ1) is 13.3. The molecule has 3 nitrogen and oxygen atoms in total. The second-order valence-corrected chi connectivity index (χ2v) is 4.97. The Balaban J connectivity index is 2.23. The number of carbonyl (C=O) groups is 1. The molecule has 5 heteroatoms. The molecule has 1 unspecified atom stereocenters. The van der Waals surface area contributed by atoms with Gasteiger partial charge in [0.05, 0.1) is 5.02 Å². The van der Waals surface area contributed by atoms with Gasteiger partial charge in [-0.1, -0.05) is 36.6 Å². The Bertz CT molecular complexity index is 447. The van der Waals surface area contributed by atoms with Crippen LogP contribution in [0.15, 0.2) is 18.2 Å². The van der Waals surface area contributed by atoms with Crippen LogP contribution >= 0.6 is 11.6 Å². The Labute approximate surface area is 110 Å². The summed E-state index contributed by atoms with van der Waals surface area (Å²) >= 11 is 5.68. The van der Waals surface area contributed by atoms with E-state index < -0.39 is 17.8 Å². The van der Waals surface area contributed by atoms with E-state index in [0.29, 0.717) is 0 Å². The Hall–Kier alpha value is -1.13. The van der Waals surface area contributed by atoms with E-state index in [9.17, 15) is 14.3 Å². The summed E-state index contributed by atoms with van der Waals surface area (Å²) in [6.07, 6.45) is 4.04. The molecular formula is C13H15ClFNO2. The van der Waals surface area contributed by atoms with Gasteiger partial charge >= 0.3 is 5.97 Å². The largest absolute Gasteiger partial charge is 0.480 e. The van der Waals surface area contributed by atoms with E-state index >= 15 is 0 Å². The average Bonchev–Trinajstić information content (AvgIpc) is 2.83. The Morgan fingerprint density at radius 2 is 2.11 bits per heavy atom. The summed E-state index contributed by atoms with van der Waals surface area (Å²) in [5, 5.41) is 12.2. The molecule has 1 saturated carbocycles. The molecule has 0 aromatic heterocycles. The number of hydrogen-bond acceptors (Lipinski definition) is 2. The fourth-order valence-electron chi connectivity index (χ4n) is 2.37. The van der Waals surface area contributed by atoms with Gasteiger partial charge in [-0.05, 0) is 18.9 Å². The first-order valence-electron chi connectivity index (χ1n) is 6.02. The lowest BCUT2D eigenvalue weighted by Crippen LogP contribution is -2.36. The number of halogens is 2. The Morgan fingerprint density at radius 3 is 2.72 bits per heavy atom. The van der Waals surface area contributed by atoms with Gasteiger partial charge < -0.3 is 5.11 Å². The monoisotopic (exact) mass is 271 g/mol. The summed E-state index contributed by atoms with van der Waals surface area (Å²) < 4.78 is 13.9. The van der Waals surface area contributed by atoms with Crippen LogP contribution in [0.25, 0.3) is 0 Å². The maximum atomic E-state index is 13.9. The number of benzene rings is 1. The third-order valence-electron chi connectivity index (χ3n) is 3.30. The summed E-state index contributed by atoms with van der Waals surface area (Å²) in [4.78, 5) is 11.3. The Morgan fingerprint density at radius 1 is 1.44 bits per heavy atom. The van der Waals surface area contributed by atoms with E-state index in [-0.39, 0.29) is 16.6 Å².